The first-order valence-corrected chi connectivity index (χ1v) is 10.5. The molecule has 8 nitrogen and oxygen atoms in total. The van der Waals surface area contributed by atoms with E-state index in [1.165, 1.54) is 13.8 Å². The Kier molecular flexibility index (Phi) is 7.26. The van der Waals surface area contributed by atoms with E-state index in [0.717, 1.165) is 10.9 Å². The molecule has 2 aromatic carbocycles. The minimum atomic E-state index is -0.881. The summed E-state index contributed by atoms with van der Waals surface area (Å²) in [6.45, 7) is 2.68. The summed E-state index contributed by atoms with van der Waals surface area (Å²) < 4.78 is 35.2. The highest BCUT2D eigenvalue weighted by molar-refractivity contribution is 6.62. The number of hydrogen-bond donors (Lipinski definition) is 0. The number of fused-ring (bicyclic) bond motifs is 1. The molecule has 0 aliphatic carbocycles. The average Bonchev–Trinajstić information content (AvgIpc) is 2.81. The lowest BCUT2D eigenvalue weighted by Gasteiger charge is -2.46. The fraction of sp³-hybridized carbons (Fsp3) is 0.364. The van der Waals surface area contributed by atoms with Gasteiger partial charge in [0.2, 0.25) is 0 Å². The lowest BCUT2D eigenvalue weighted by molar-refractivity contribution is -0.185. The number of ether oxygens (including phenoxy) is 2. The molecule has 2 aliphatic heterocycles. The van der Waals surface area contributed by atoms with Crippen LogP contribution in [0.25, 0.3) is 0 Å². The van der Waals surface area contributed by atoms with Crippen molar-refractivity contribution in [3.63, 3.8) is 0 Å². The maximum atomic E-state index is 11.8. The van der Waals surface area contributed by atoms with Crippen molar-refractivity contribution in [1.82, 2.24) is 0 Å². The van der Waals surface area contributed by atoms with Crippen LogP contribution in [0.4, 0.5) is 0 Å². The van der Waals surface area contributed by atoms with E-state index in [1.807, 2.05) is 60.7 Å². The zero-order valence-corrected chi connectivity index (χ0v) is 17.9. The molecule has 2 saturated heterocycles. The number of benzene rings is 2. The van der Waals surface area contributed by atoms with Gasteiger partial charge in [-0.15, -0.1) is 0 Å². The van der Waals surface area contributed by atoms with E-state index >= 15 is 0 Å². The number of rotatable bonds is 6. The Morgan fingerprint density at radius 3 is 2.12 bits per heavy atom. The van der Waals surface area contributed by atoms with Gasteiger partial charge in [0.05, 0.1) is 18.8 Å². The van der Waals surface area contributed by atoms with E-state index in [1.54, 1.807) is 0 Å². The Balaban J connectivity index is 1.62. The molecule has 166 valence electrons. The van der Waals surface area contributed by atoms with Gasteiger partial charge >= 0.3 is 26.2 Å². The first kappa shape index (κ1) is 22.5. The first-order valence-electron chi connectivity index (χ1n) is 10.5. The van der Waals surface area contributed by atoms with Crippen molar-refractivity contribution in [2.24, 2.45) is 0 Å². The van der Waals surface area contributed by atoms with E-state index in [2.05, 4.69) is 0 Å². The first-order chi connectivity index (χ1) is 15.5. The molecule has 2 fully saturated rings. The Hall–Kier alpha value is -2.65. The quantitative estimate of drug-likeness (QED) is 0.476. The number of esters is 2. The molecule has 32 heavy (non-hydrogen) atoms. The Bertz CT molecular complexity index is 913. The van der Waals surface area contributed by atoms with E-state index in [-0.39, 0.29) is 13.2 Å². The molecule has 0 saturated carbocycles. The topological polar surface area (TPSA) is 89.5 Å². The Morgan fingerprint density at radius 2 is 1.53 bits per heavy atom. The molecule has 4 atom stereocenters. The van der Waals surface area contributed by atoms with E-state index in [0.29, 0.717) is 0 Å². The van der Waals surface area contributed by atoms with Crippen LogP contribution in [-0.2, 0) is 37.7 Å². The number of hydrogen-bond acceptors (Lipinski definition) is 8. The molecule has 0 bridgehead atoms. The smallest absolute Gasteiger partial charge is 0.462 e. The van der Waals surface area contributed by atoms with E-state index in [9.17, 15) is 9.59 Å². The maximum Gasteiger partial charge on any atom is 0.494 e. The molecule has 0 radical (unpaired) electrons. The second-order valence-electron chi connectivity index (χ2n) is 7.64. The van der Waals surface area contributed by atoms with Gasteiger partial charge in [0, 0.05) is 13.8 Å². The molecule has 2 heterocycles. The third-order valence-electron chi connectivity index (χ3n) is 5.24. The highest BCUT2D eigenvalue weighted by atomic mass is 16.7. The summed E-state index contributed by atoms with van der Waals surface area (Å²) in [4.78, 5) is 23.3. The minimum absolute atomic E-state index is 0.162. The molecular weight excluding hydrogens is 414 g/mol. The van der Waals surface area contributed by atoms with Crippen molar-refractivity contribution in [1.29, 1.82) is 0 Å². The van der Waals surface area contributed by atoms with Crippen molar-refractivity contribution in [2.75, 3.05) is 13.2 Å². The predicted molar refractivity (Wildman–Crippen MR) is 116 cm³/mol. The third-order valence-corrected chi connectivity index (χ3v) is 5.24. The maximum absolute atomic E-state index is 11.8. The summed E-state index contributed by atoms with van der Waals surface area (Å²) in [6, 6.07) is 18.9. The number of carbonyl (C=O) groups excluding carboxylic acids is 2. The third kappa shape index (κ3) is 5.39. The van der Waals surface area contributed by atoms with Crippen LogP contribution in [0.1, 0.15) is 13.8 Å². The molecule has 10 heteroatoms. The van der Waals surface area contributed by atoms with Crippen LogP contribution in [-0.4, -0.2) is 63.8 Å². The van der Waals surface area contributed by atoms with E-state index < -0.39 is 50.6 Å². The molecule has 2 aliphatic rings. The van der Waals surface area contributed by atoms with Crippen LogP contribution in [0.15, 0.2) is 60.7 Å². The van der Waals surface area contributed by atoms with Gasteiger partial charge < -0.3 is 28.1 Å². The van der Waals surface area contributed by atoms with Crippen molar-refractivity contribution in [3.05, 3.63) is 60.7 Å². The van der Waals surface area contributed by atoms with E-state index in [4.69, 9.17) is 28.1 Å². The van der Waals surface area contributed by atoms with Gasteiger partial charge in [0.1, 0.15) is 12.7 Å². The van der Waals surface area contributed by atoms with Crippen molar-refractivity contribution >= 4 is 37.1 Å². The summed E-state index contributed by atoms with van der Waals surface area (Å²) in [5, 5.41) is 0. The van der Waals surface area contributed by atoms with Crippen LogP contribution in [0.3, 0.4) is 0 Å². The molecule has 0 N–H and O–H groups in total. The van der Waals surface area contributed by atoms with Crippen LogP contribution in [0.2, 0.25) is 0 Å². The zero-order valence-electron chi connectivity index (χ0n) is 17.9. The second-order valence-corrected chi connectivity index (χ2v) is 7.64. The Labute approximate surface area is 187 Å². The highest BCUT2D eigenvalue weighted by Crippen LogP contribution is 2.28. The molecule has 0 spiro atoms. The van der Waals surface area contributed by atoms with Gasteiger partial charge in [0.15, 0.2) is 6.10 Å². The minimum Gasteiger partial charge on any atom is -0.462 e. The summed E-state index contributed by atoms with van der Waals surface area (Å²) in [5.41, 5.74) is 1.65. The highest BCUT2D eigenvalue weighted by Gasteiger charge is 2.51. The number of carbonyl (C=O) groups is 2. The van der Waals surface area contributed by atoms with Gasteiger partial charge in [-0.05, 0) is 10.9 Å². The van der Waals surface area contributed by atoms with Crippen molar-refractivity contribution in [2.45, 2.75) is 38.3 Å². The van der Waals surface area contributed by atoms with Gasteiger partial charge in [0.25, 0.3) is 0 Å². The van der Waals surface area contributed by atoms with Crippen LogP contribution >= 0.6 is 0 Å². The molecule has 0 amide bonds. The second kappa shape index (κ2) is 10.3. The van der Waals surface area contributed by atoms with Crippen LogP contribution < -0.4 is 10.9 Å². The predicted octanol–water partition coefficient (Wildman–Crippen LogP) is 0.471. The lowest BCUT2D eigenvalue weighted by atomic mass is 9.73. The summed E-state index contributed by atoms with van der Waals surface area (Å²) in [6.07, 6.45) is -2.73. The summed E-state index contributed by atoms with van der Waals surface area (Å²) in [5.74, 6) is -1.00. The average molecular weight is 438 g/mol. The van der Waals surface area contributed by atoms with Gasteiger partial charge in [-0.1, -0.05) is 60.7 Å². The van der Waals surface area contributed by atoms with Crippen LogP contribution in [0.5, 0.6) is 0 Å². The van der Waals surface area contributed by atoms with Gasteiger partial charge in [-0.3, -0.25) is 9.59 Å². The summed E-state index contributed by atoms with van der Waals surface area (Å²) >= 11 is 0. The van der Waals surface area contributed by atoms with Gasteiger partial charge in [-0.25, -0.2) is 0 Å². The Morgan fingerprint density at radius 1 is 0.906 bits per heavy atom. The monoisotopic (exact) mass is 438 g/mol. The molecular formula is C22H24B2O8. The van der Waals surface area contributed by atoms with Crippen LogP contribution in [0, 0.1) is 0 Å². The summed E-state index contributed by atoms with van der Waals surface area (Å²) in [7, 11) is -1.36. The largest absolute Gasteiger partial charge is 0.494 e. The lowest BCUT2D eigenvalue weighted by Crippen LogP contribution is -2.67. The fourth-order valence-corrected chi connectivity index (χ4v) is 3.82. The zero-order chi connectivity index (χ0) is 22.5. The van der Waals surface area contributed by atoms with Crippen molar-refractivity contribution in [3.8, 4) is 0 Å². The SMILES string of the molecule is CC(=O)OC[C@@H](OC(C)=O)[C@H]1OB(c2ccccc2)O[C@H]2COB(c3ccccc3)O[C@@H]12. The van der Waals surface area contributed by atoms with Crippen molar-refractivity contribution < 1.29 is 37.7 Å². The van der Waals surface area contributed by atoms with Gasteiger partial charge in [-0.2, -0.15) is 0 Å². The molecule has 2 aromatic rings. The molecule has 0 aromatic heterocycles. The molecule has 0 unspecified atom stereocenters. The normalized spacial score (nSPS) is 23.8. The fourth-order valence-electron chi connectivity index (χ4n) is 3.82. The molecule has 4 rings (SSSR count). The standard InChI is InChI=1S/C22H24B2O8/c1-15(25)27-13-19(29-16(2)26)21-22-20(30-24(32-21)18-11-7-4-8-12-18)14-28-23(31-22)17-9-5-3-6-10-17/h3-12,19-22H,13-14H2,1-2H3/t19-,20+,21-,22-/m1/s1.